The number of amides is 2. The summed E-state index contributed by atoms with van der Waals surface area (Å²) in [6.45, 7) is 1.85. The molecule has 2 aromatic rings. The molecule has 3 rings (SSSR count). The molecule has 29 heavy (non-hydrogen) atoms. The average molecular weight is 436 g/mol. The summed E-state index contributed by atoms with van der Waals surface area (Å²) in [5.74, 6) is -0.908. The largest absolute Gasteiger partial charge is 0.326 e. The van der Waals surface area contributed by atoms with E-state index in [2.05, 4.69) is 10.6 Å². The molecule has 0 spiro atoms. The Morgan fingerprint density at radius 3 is 2.45 bits per heavy atom. The number of rotatable bonds is 5. The zero-order valence-electron chi connectivity index (χ0n) is 15.9. The van der Waals surface area contributed by atoms with Gasteiger partial charge in [-0.25, -0.2) is 8.42 Å². The van der Waals surface area contributed by atoms with Crippen molar-refractivity contribution in [2.24, 2.45) is 5.92 Å². The van der Waals surface area contributed by atoms with E-state index in [9.17, 15) is 18.0 Å². The Hall–Kier alpha value is -2.42. The molecule has 1 heterocycles. The van der Waals surface area contributed by atoms with Gasteiger partial charge in [-0.1, -0.05) is 17.7 Å². The highest BCUT2D eigenvalue weighted by molar-refractivity contribution is 7.89. The van der Waals surface area contributed by atoms with Crippen LogP contribution >= 0.6 is 11.6 Å². The number of sulfonamides is 1. The van der Waals surface area contributed by atoms with Gasteiger partial charge >= 0.3 is 0 Å². The molecule has 0 aliphatic carbocycles. The minimum atomic E-state index is -3.73. The SMILES string of the molecule is CC(=O)Nc1ccc(S(=O)(=O)N2CCCC(C(=O)Nc3cccc(Cl)c3)C2)cc1. The summed E-state index contributed by atoms with van der Waals surface area (Å²) < 4.78 is 27.3. The molecule has 1 aliphatic heterocycles. The predicted molar refractivity (Wildman–Crippen MR) is 112 cm³/mol. The summed E-state index contributed by atoms with van der Waals surface area (Å²) in [7, 11) is -3.73. The third-order valence-corrected chi connectivity index (χ3v) is 6.77. The van der Waals surface area contributed by atoms with Crippen LogP contribution in [-0.4, -0.2) is 37.6 Å². The molecule has 0 saturated carbocycles. The Morgan fingerprint density at radius 1 is 1.07 bits per heavy atom. The summed E-state index contributed by atoms with van der Waals surface area (Å²) in [5, 5.41) is 5.92. The van der Waals surface area contributed by atoms with E-state index in [0.29, 0.717) is 35.8 Å². The lowest BCUT2D eigenvalue weighted by Gasteiger charge is -2.31. The number of anilines is 2. The second-order valence-electron chi connectivity index (χ2n) is 6.91. The third kappa shape index (κ3) is 5.35. The normalized spacial score (nSPS) is 17.5. The van der Waals surface area contributed by atoms with Crippen LogP contribution in [0.3, 0.4) is 0 Å². The molecular weight excluding hydrogens is 414 g/mol. The van der Waals surface area contributed by atoms with Crippen LogP contribution in [0.4, 0.5) is 11.4 Å². The van der Waals surface area contributed by atoms with Crippen molar-refractivity contribution in [1.29, 1.82) is 0 Å². The van der Waals surface area contributed by atoms with Crippen molar-refractivity contribution in [3.63, 3.8) is 0 Å². The van der Waals surface area contributed by atoms with Gasteiger partial charge in [0.2, 0.25) is 21.8 Å². The van der Waals surface area contributed by atoms with Gasteiger partial charge in [0.05, 0.1) is 10.8 Å². The van der Waals surface area contributed by atoms with Crippen LogP contribution < -0.4 is 10.6 Å². The Balaban J connectivity index is 1.70. The summed E-state index contributed by atoms with van der Waals surface area (Å²) in [5.41, 5.74) is 1.10. The summed E-state index contributed by atoms with van der Waals surface area (Å²) in [6.07, 6.45) is 1.21. The number of halogens is 1. The van der Waals surface area contributed by atoms with Crippen LogP contribution in [0, 0.1) is 5.92 Å². The van der Waals surface area contributed by atoms with Gasteiger partial charge in [0, 0.05) is 36.4 Å². The van der Waals surface area contributed by atoms with E-state index in [0.717, 1.165) is 0 Å². The fraction of sp³-hybridized carbons (Fsp3) is 0.300. The molecule has 154 valence electrons. The quantitative estimate of drug-likeness (QED) is 0.752. The van der Waals surface area contributed by atoms with E-state index < -0.39 is 15.9 Å². The Morgan fingerprint density at radius 2 is 1.79 bits per heavy atom. The first kappa shape index (κ1) is 21.3. The fourth-order valence-electron chi connectivity index (χ4n) is 3.25. The van der Waals surface area contributed by atoms with Crippen molar-refractivity contribution in [3.8, 4) is 0 Å². The lowest BCUT2D eigenvalue weighted by molar-refractivity contribution is -0.121. The third-order valence-electron chi connectivity index (χ3n) is 4.66. The average Bonchev–Trinajstić information content (AvgIpc) is 2.68. The molecule has 2 aromatic carbocycles. The maximum Gasteiger partial charge on any atom is 0.243 e. The monoisotopic (exact) mass is 435 g/mol. The number of piperidine rings is 1. The molecule has 1 atom stereocenters. The lowest BCUT2D eigenvalue weighted by Crippen LogP contribution is -2.43. The summed E-state index contributed by atoms with van der Waals surface area (Å²) in [4.78, 5) is 23.9. The molecule has 1 fully saturated rings. The van der Waals surface area contributed by atoms with Crippen molar-refractivity contribution in [3.05, 3.63) is 53.6 Å². The van der Waals surface area contributed by atoms with Gasteiger partial charge in [-0.3, -0.25) is 9.59 Å². The number of benzene rings is 2. The number of carbonyl (C=O) groups is 2. The lowest BCUT2D eigenvalue weighted by atomic mass is 9.99. The number of carbonyl (C=O) groups excluding carboxylic acids is 2. The van der Waals surface area contributed by atoms with E-state index in [4.69, 9.17) is 11.6 Å². The summed E-state index contributed by atoms with van der Waals surface area (Å²) >= 11 is 5.94. The van der Waals surface area contributed by atoms with Crippen LogP contribution in [-0.2, 0) is 19.6 Å². The van der Waals surface area contributed by atoms with Gasteiger partial charge in [-0.2, -0.15) is 4.31 Å². The van der Waals surface area contributed by atoms with E-state index in [-0.39, 0.29) is 23.3 Å². The van der Waals surface area contributed by atoms with Gasteiger partial charge in [-0.05, 0) is 55.3 Å². The van der Waals surface area contributed by atoms with Crippen molar-refractivity contribution in [2.75, 3.05) is 23.7 Å². The topological polar surface area (TPSA) is 95.6 Å². The first-order chi connectivity index (χ1) is 13.8. The van der Waals surface area contributed by atoms with Crippen LogP contribution in [0.5, 0.6) is 0 Å². The molecule has 7 nitrogen and oxygen atoms in total. The smallest absolute Gasteiger partial charge is 0.243 e. The first-order valence-electron chi connectivity index (χ1n) is 9.20. The molecule has 9 heteroatoms. The van der Waals surface area contributed by atoms with Gasteiger partial charge in [-0.15, -0.1) is 0 Å². The van der Waals surface area contributed by atoms with Gasteiger partial charge in [0.1, 0.15) is 0 Å². The van der Waals surface area contributed by atoms with Crippen molar-refractivity contribution >= 4 is 44.8 Å². The standard InChI is InChI=1S/C20H22ClN3O4S/c1-14(25)22-17-7-9-19(10-8-17)29(27,28)24-11-3-4-15(13-24)20(26)23-18-6-2-5-16(21)12-18/h2,5-10,12,15H,3-4,11,13H2,1H3,(H,22,25)(H,23,26). The molecule has 2 amide bonds. The predicted octanol–water partition coefficient (Wildman–Crippen LogP) is 3.34. The second-order valence-corrected chi connectivity index (χ2v) is 9.28. The first-order valence-corrected chi connectivity index (χ1v) is 11.0. The molecule has 1 unspecified atom stereocenters. The van der Waals surface area contributed by atoms with Gasteiger partial charge in [0.25, 0.3) is 0 Å². The maximum atomic E-state index is 13.0. The molecule has 0 radical (unpaired) electrons. The highest BCUT2D eigenvalue weighted by Gasteiger charge is 2.33. The Labute approximate surface area is 175 Å². The molecule has 0 aromatic heterocycles. The maximum absolute atomic E-state index is 13.0. The van der Waals surface area contributed by atoms with Crippen LogP contribution in [0.1, 0.15) is 19.8 Å². The Bertz CT molecular complexity index is 1010. The molecule has 1 saturated heterocycles. The van der Waals surface area contributed by atoms with E-state index in [1.807, 2.05) is 0 Å². The Kier molecular flexibility index (Phi) is 6.56. The van der Waals surface area contributed by atoms with Crippen molar-refractivity contribution in [2.45, 2.75) is 24.7 Å². The van der Waals surface area contributed by atoms with Crippen LogP contribution in [0.25, 0.3) is 0 Å². The van der Waals surface area contributed by atoms with Crippen LogP contribution in [0.2, 0.25) is 5.02 Å². The molecular formula is C20H22ClN3O4S. The van der Waals surface area contributed by atoms with Crippen molar-refractivity contribution < 1.29 is 18.0 Å². The van der Waals surface area contributed by atoms with Crippen molar-refractivity contribution in [1.82, 2.24) is 4.31 Å². The number of hydrogen-bond donors (Lipinski definition) is 2. The van der Waals surface area contributed by atoms with Crippen LogP contribution in [0.15, 0.2) is 53.4 Å². The van der Waals surface area contributed by atoms with E-state index >= 15 is 0 Å². The molecule has 2 N–H and O–H groups in total. The van der Waals surface area contributed by atoms with E-state index in [1.165, 1.54) is 23.4 Å². The number of nitrogens with zero attached hydrogens (tertiary/aromatic N) is 1. The number of nitrogens with one attached hydrogen (secondary N) is 2. The zero-order chi connectivity index (χ0) is 21.0. The van der Waals surface area contributed by atoms with Gasteiger partial charge in [0.15, 0.2) is 0 Å². The van der Waals surface area contributed by atoms with Gasteiger partial charge < -0.3 is 10.6 Å². The number of hydrogen-bond acceptors (Lipinski definition) is 4. The minimum Gasteiger partial charge on any atom is -0.326 e. The highest BCUT2D eigenvalue weighted by atomic mass is 35.5. The van der Waals surface area contributed by atoms with E-state index in [1.54, 1.807) is 36.4 Å². The highest BCUT2D eigenvalue weighted by Crippen LogP contribution is 2.26. The minimum absolute atomic E-state index is 0.113. The molecule has 0 bridgehead atoms. The fourth-order valence-corrected chi connectivity index (χ4v) is 4.96. The molecule has 1 aliphatic rings. The zero-order valence-corrected chi connectivity index (χ0v) is 17.5. The second kappa shape index (κ2) is 8.94. The summed E-state index contributed by atoms with van der Waals surface area (Å²) in [6, 6.07) is 12.8.